The van der Waals surface area contributed by atoms with Crippen molar-refractivity contribution in [2.75, 3.05) is 10.0 Å². The molecule has 0 atom stereocenters. The number of pyridine rings is 1. The van der Waals surface area contributed by atoms with Gasteiger partial charge in [-0.25, -0.2) is 18.4 Å². The van der Waals surface area contributed by atoms with Crippen molar-refractivity contribution in [1.29, 1.82) is 0 Å². The lowest BCUT2D eigenvalue weighted by Crippen LogP contribution is -2.13. The summed E-state index contributed by atoms with van der Waals surface area (Å²) in [6.45, 7) is 1.77. The molecule has 0 saturated heterocycles. The van der Waals surface area contributed by atoms with Gasteiger partial charge in [-0.3, -0.25) is 14.8 Å². The number of hydrogen-bond donors (Lipinski definition) is 2. The number of aryl methyl sites for hydroxylation is 1. The van der Waals surface area contributed by atoms with Crippen LogP contribution >= 0.6 is 22.9 Å². The lowest BCUT2D eigenvalue weighted by molar-refractivity contribution is 0.0996. The number of halogens is 1. The number of hydrogen-bond acceptors (Lipinski definition) is 7. The first-order valence-electron chi connectivity index (χ1n) is 8.89. The molecule has 1 amide bonds. The Morgan fingerprint density at radius 1 is 1.16 bits per heavy atom. The second-order valence-corrected chi connectivity index (χ2v) is 9.39. The fourth-order valence-corrected chi connectivity index (χ4v) is 4.96. The van der Waals surface area contributed by atoms with Gasteiger partial charge in [0.05, 0.1) is 27.4 Å². The van der Waals surface area contributed by atoms with E-state index in [9.17, 15) is 13.2 Å². The zero-order valence-electron chi connectivity index (χ0n) is 16.0. The maximum atomic E-state index is 12.6. The van der Waals surface area contributed by atoms with Gasteiger partial charge in [0.1, 0.15) is 0 Å². The molecule has 0 fully saturated rings. The van der Waals surface area contributed by atoms with Crippen LogP contribution in [-0.4, -0.2) is 24.3 Å². The first kappa shape index (κ1) is 21.0. The number of benzene rings is 1. The number of anilines is 2. The summed E-state index contributed by atoms with van der Waals surface area (Å²) in [5.74, 6) is -0.254. The van der Waals surface area contributed by atoms with Crippen LogP contribution in [0.4, 0.5) is 10.8 Å². The monoisotopic (exact) mass is 474 g/mol. The van der Waals surface area contributed by atoms with Gasteiger partial charge in [-0.2, -0.15) is 0 Å². The van der Waals surface area contributed by atoms with Crippen LogP contribution in [0.2, 0.25) is 5.15 Å². The highest BCUT2D eigenvalue weighted by Crippen LogP contribution is 2.35. The molecule has 0 bridgehead atoms. The van der Waals surface area contributed by atoms with Gasteiger partial charge in [0.15, 0.2) is 16.0 Å². The van der Waals surface area contributed by atoms with Crippen molar-refractivity contribution < 1.29 is 17.6 Å². The van der Waals surface area contributed by atoms with E-state index in [4.69, 9.17) is 16.0 Å². The largest absolute Gasteiger partial charge is 0.459 e. The van der Waals surface area contributed by atoms with Gasteiger partial charge in [-0.15, -0.1) is 0 Å². The number of rotatable bonds is 6. The highest BCUT2D eigenvalue weighted by molar-refractivity contribution is 7.92. The minimum Gasteiger partial charge on any atom is -0.459 e. The predicted molar refractivity (Wildman–Crippen MR) is 119 cm³/mol. The molecule has 0 spiro atoms. The standard InChI is InChI=1S/C20H15ClN4O4S2/c1-12-17(30-20(23-12)24-19(26)16-8-5-9-29-16)13-10-15(18(21)22-11-13)25-31(27,28)14-6-3-2-4-7-14/h2-11,25H,1H3,(H,23,24,26). The molecule has 0 aliphatic heterocycles. The lowest BCUT2D eigenvalue weighted by atomic mass is 10.2. The Morgan fingerprint density at radius 3 is 2.65 bits per heavy atom. The highest BCUT2D eigenvalue weighted by Gasteiger charge is 2.19. The summed E-state index contributed by atoms with van der Waals surface area (Å²) < 4.78 is 32.8. The summed E-state index contributed by atoms with van der Waals surface area (Å²) in [5.41, 5.74) is 1.38. The summed E-state index contributed by atoms with van der Waals surface area (Å²) in [5, 5.41) is 3.06. The molecule has 0 unspecified atom stereocenters. The SMILES string of the molecule is Cc1nc(NC(=O)c2ccco2)sc1-c1cnc(Cl)c(NS(=O)(=O)c2ccccc2)c1. The molecule has 3 aromatic heterocycles. The van der Waals surface area contributed by atoms with Crippen molar-refractivity contribution in [3.8, 4) is 10.4 Å². The van der Waals surface area contributed by atoms with Crippen LogP contribution in [-0.2, 0) is 10.0 Å². The van der Waals surface area contributed by atoms with E-state index in [-0.39, 0.29) is 21.5 Å². The number of nitrogens with zero attached hydrogens (tertiary/aromatic N) is 2. The van der Waals surface area contributed by atoms with Gasteiger partial charge in [-0.05, 0) is 37.3 Å². The van der Waals surface area contributed by atoms with Crippen molar-refractivity contribution in [1.82, 2.24) is 9.97 Å². The van der Waals surface area contributed by atoms with Crippen LogP contribution in [0.25, 0.3) is 10.4 Å². The third-order valence-corrected chi connectivity index (χ3v) is 6.97. The molecule has 4 aromatic rings. The molecule has 31 heavy (non-hydrogen) atoms. The second kappa shape index (κ2) is 8.50. The number of thiazole rings is 1. The van der Waals surface area contributed by atoms with Gasteiger partial charge in [0, 0.05) is 11.8 Å². The smallest absolute Gasteiger partial charge is 0.293 e. The highest BCUT2D eigenvalue weighted by atomic mass is 35.5. The predicted octanol–water partition coefficient (Wildman–Crippen LogP) is 4.81. The molecule has 0 radical (unpaired) electrons. The average molecular weight is 475 g/mol. The van der Waals surface area contributed by atoms with Crippen molar-refractivity contribution >= 4 is 49.7 Å². The van der Waals surface area contributed by atoms with E-state index >= 15 is 0 Å². The van der Waals surface area contributed by atoms with Crippen LogP contribution in [0.15, 0.2) is 70.3 Å². The fourth-order valence-electron chi connectivity index (χ4n) is 2.73. The van der Waals surface area contributed by atoms with Crippen molar-refractivity contribution in [2.24, 2.45) is 0 Å². The summed E-state index contributed by atoms with van der Waals surface area (Å²) in [4.78, 5) is 21.4. The molecule has 158 valence electrons. The molecule has 8 nitrogen and oxygen atoms in total. The van der Waals surface area contributed by atoms with Gasteiger partial charge >= 0.3 is 0 Å². The number of sulfonamides is 1. The van der Waals surface area contributed by atoms with Crippen LogP contribution in [0.1, 0.15) is 16.2 Å². The van der Waals surface area contributed by atoms with E-state index in [1.165, 1.54) is 35.9 Å². The number of carbonyl (C=O) groups excluding carboxylic acids is 1. The van der Waals surface area contributed by atoms with E-state index in [0.29, 0.717) is 21.3 Å². The third-order valence-electron chi connectivity index (χ3n) is 4.16. The Balaban J connectivity index is 1.61. The Bertz CT molecular complexity index is 1340. The van der Waals surface area contributed by atoms with Crippen molar-refractivity contribution in [2.45, 2.75) is 11.8 Å². The molecule has 3 heterocycles. The van der Waals surface area contributed by atoms with Crippen LogP contribution in [0, 0.1) is 6.92 Å². The zero-order chi connectivity index (χ0) is 22.0. The van der Waals surface area contributed by atoms with E-state index in [1.807, 2.05) is 0 Å². The van der Waals surface area contributed by atoms with Crippen LogP contribution in [0.5, 0.6) is 0 Å². The van der Waals surface area contributed by atoms with Gasteiger partial charge < -0.3 is 4.42 Å². The molecule has 2 N–H and O–H groups in total. The van der Waals surface area contributed by atoms with Gasteiger partial charge in [0.2, 0.25) is 0 Å². The quantitative estimate of drug-likeness (QED) is 0.387. The normalized spacial score (nSPS) is 11.3. The first-order chi connectivity index (χ1) is 14.8. The molecule has 11 heteroatoms. The number of nitrogens with one attached hydrogen (secondary N) is 2. The molecule has 1 aromatic carbocycles. The van der Waals surface area contributed by atoms with E-state index in [0.717, 1.165) is 0 Å². The minimum absolute atomic E-state index is 0.0109. The number of aromatic nitrogens is 2. The van der Waals surface area contributed by atoms with Crippen molar-refractivity contribution in [3.63, 3.8) is 0 Å². The maximum Gasteiger partial charge on any atom is 0.293 e. The summed E-state index contributed by atoms with van der Waals surface area (Å²) in [6.07, 6.45) is 2.92. The topological polar surface area (TPSA) is 114 Å². The van der Waals surface area contributed by atoms with E-state index < -0.39 is 15.9 Å². The van der Waals surface area contributed by atoms with Gasteiger partial charge in [0.25, 0.3) is 15.9 Å². The third kappa shape index (κ3) is 4.61. The molecule has 0 saturated carbocycles. The molecular formula is C20H15ClN4O4S2. The first-order valence-corrected chi connectivity index (χ1v) is 11.6. The van der Waals surface area contributed by atoms with E-state index in [1.54, 1.807) is 43.3 Å². The van der Waals surface area contributed by atoms with Gasteiger partial charge in [-0.1, -0.05) is 41.1 Å². The summed E-state index contributed by atoms with van der Waals surface area (Å²) in [7, 11) is -3.83. The lowest BCUT2D eigenvalue weighted by Gasteiger charge is -2.10. The fraction of sp³-hybridized carbons (Fsp3) is 0.0500. The number of furan rings is 1. The van der Waals surface area contributed by atoms with Crippen LogP contribution in [0.3, 0.4) is 0 Å². The number of carbonyl (C=O) groups is 1. The molecular weight excluding hydrogens is 460 g/mol. The molecule has 4 rings (SSSR count). The Labute approximate surface area is 187 Å². The minimum atomic E-state index is -3.83. The Kier molecular flexibility index (Phi) is 5.77. The molecule has 0 aliphatic carbocycles. The average Bonchev–Trinajstić information content (AvgIpc) is 3.40. The Hall–Kier alpha value is -3.21. The summed E-state index contributed by atoms with van der Waals surface area (Å²) >= 11 is 7.35. The zero-order valence-corrected chi connectivity index (χ0v) is 18.4. The van der Waals surface area contributed by atoms with E-state index in [2.05, 4.69) is 20.0 Å². The molecule has 0 aliphatic rings. The number of amides is 1. The Morgan fingerprint density at radius 2 is 1.94 bits per heavy atom. The maximum absolute atomic E-state index is 12.6. The second-order valence-electron chi connectivity index (χ2n) is 6.35. The summed E-state index contributed by atoms with van der Waals surface area (Å²) in [6, 6.07) is 12.7. The van der Waals surface area contributed by atoms with Crippen LogP contribution < -0.4 is 10.0 Å². The van der Waals surface area contributed by atoms with Crippen molar-refractivity contribution in [3.05, 3.63) is 77.6 Å².